The lowest BCUT2D eigenvalue weighted by Gasteiger charge is -2.13. The van der Waals surface area contributed by atoms with Crippen LogP contribution >= 0.6 is 0 Å². The average molecular weight is 239 g/mol. The van der Waals surface area contributed by atoms with Gasteiger partial charge in [-0.3, -0.25) is 9.97 Å². The molecule has 1 aromatic heterocycles. The number of hydrogen-bond donors (Lipinski definition) is 1. The zero-order chi connectivity index (χ0) is 12.4. The van der Waals surface area contributed by atoms with Crippen molar-refractivity contribution in [2.75, 3.05) is 6.54 Å². The van der Waals surface area contributed by atoms with Crippen molar-refractivity contribution in [3.8, 4) is 11.3 Å². The molecule has 0 radical (unpaired) electrons. The van der Waals surface area contributed by atoms with Gasteiger partial charge in [0.25, 0.3) is 0 Å². The van der Waals surface area contributed by atoms with E-state index >= 15 is 0 Å². The monoisotopic (exact) mass is 239 g/mol. The van der Waals surface area contributed by atoms with Gasteiger partial charge in [-0.15, -0.1) is 0 Å². The Morgan fingerprint density at radius 3 is 3.06 bits per heavy atom. The van der Waals surface area contributed by atoms with E-state index in [1.165, 1.54) is 23.1 Å². The average Bonchev–Trinajstić information content (AvgIpc) is 2.84. The van der Waals surface area contributed by atoms with Gasteiger partial charge in [0, 0.05) is 24.0 Å². The van der Waals surface area contributed by atoms with Crippen LogP contribution in [0.2, 0.25) is 0 Å². The Morgan fingerprint density at radius 1 is 1.33 bits per heavy atom. The number of rotatable bonds is 3. The van der Waals surface area contributed by atoms with Crippen LogP contribution in [0, 0.1) is 0 Å². The van der Waals surface area contributed by atoms with E-state index in [0.29, 0.717) is 6.04 Å². The number of hydrogen-bond acceptors (Lipinski definition) is 3. The van der Waals surface area contributed by atoms with E-state index in [0.717, 1.165) is 18.7 Å². The van der Waals surface area contributed by atoms with Crippen LogP contribution in [0.25, 0.3) is 11.3 Å². The fraction of sp³-hybridized carbons (Fsp3) is 0.333. The summed E-state index contributed by atoms with van der Waals surface area (Å²) in [6.45, 7) is 3.17. The lowest BCUT2D eigenvalue weighted by molar-refractivity contribution is 0.549. The van der Waals surface area contributed by atoms with E-state index in [9.17, 15) is 0 Å². The maximum atomic E-state index is 4.41. The van der Waals surface area contributed by atoms with Gasteiger partial charge in [0.2, 0.25) is 0 Å². The zero-order valence-corrected chi connectivity index (χ0v) is 10.6. The van der Waals surface area contributed by atoms with E-state index in [1.807, 2.05) is 6.20 Å². The summed E-state index contributed by atoms with van der Waals surface area (Å²) in [4.78, 5) is 8.58. The van der Waals surface area contributed by atoms with Crippen LogP contribution < -0.4 is 5.32 Å². The Hall–Kier alpha value is -1.74. The molecule has 0 bridgehead atoms. The van der Waals surface area contributed by atoms with Crippen LogP contribution in [0.4, 0.5) is 0 Å². The van der Waals surface area contributed by atoms with Crippen LogP contribution in [-0.4, -0.2) is 16.5 Å². The van der Waals surface area contributed by atoms with E-state index in [4.69, 9.17) is 0 Å². The third-order valence-corrected chi connectivity index (χ3v) is 3.56. The maximum absolute atomic E-state index is 4.41. The normalized spacial score (nSPS) is 17.7. The Kier molecular flexibility index (Phi) is 3.07. The predicted molar refractivity (Wildman–Crippen MR) is 72.2 cm³/mol. The van der Waals surface area contributed by atoms with Gasteiger partial charge in [-0.1, -0.05) is 25.1 Å². The van der Waals surface area contributed by atoms with E-state index < -0.39 is 0 Å². The van der Waals surface area contributed by atoms with Gasteiger partial charge in [-0.25, -0.2) is 0 Å². The summed E-state index contributed by atoms with van der Waals surface area (Å²) >= 11 is 0. The van der Waals surface area contributed by atoms with Crippen molar-refractivity contribution in [1.29, 1.82) is 0 Å². The first-order chi connectivity index (χ1) is 8.90. The van der Waals surface area contributed by atoms with Gasteiger partial charge in [0.05, 0.1) is 11.9 Å². The molecule has 0 aliphatic heterocycles. The fourth-order valence-corrected chi connectivity index (χ4v) is 2.79. The first kappa shape index (κ1) is 11.4. The summed E-state index contributed by atoms with van der Waals surface area (Å²) in [6, 6.07) is 7.01. The summed E-state index contributed by atoms with van der Waals surface area (Å²) in [6.07, 6.45) is 7.62. The highest BCUT2D eigenvalue weighted by molar-refractivity contribution is 5.66. The van der Waals surface area contributed by atoms with Gasteiger partial charge >= 0.3 is 0 Å². The van der Waals surface area contributed by atoms with Crippen molar-refractivity contribution in [3.05, 3.63) is 47.9 Å². The van der Waals surface area contributed by atoms with Crippen molar-refractivity contribution >= 4 is 0 Å². The van der Waals surface area contributed by atoms with Crippen molar-refractivity contribution in [2.45, 2.75) is 25.8 Å². The third-order valence-electron chi connectivity index (χ3n) is 3.56. The highest BCUT2D eigenvalue weighted by atomic mass is 14.9. The predicted octanol–water partition coefficient (Wildman–Crippen LogP) is 2.74. The van der Waals surface area contributed by atoms with Crippen LogP contribution in [0.15, 0.2) is 36.8 Å². The molecule has 0 fully saturated rings. The maximum Gasteiger partial charge on any atom is 0.0888 e. The molecule has 1 aliphatic carbocycles. The molecule has 1 unspecified atom stereocenters. The molecule has 1 N–H and O–H groups in total. The topological polar surface area (TPSA) is 37.8 Å². The summed E-state index contributed by atoms with van der Waals surface area (Å²) in [5.74, 6) is 0. The first-order valence-corrected chi connectivity index (χ1v) is 6.51. The van der Waals surface area contributed by atoms with Crippen LogP contribution in [-0.2, 0) is 6.42 Å². The van der Waals surface area contributed by atoms with Gasteiger partial charge in [-0.05, 0) is 30.5 Å². The molecule has 0 spiro atoms. The molecule has 3 nitrogen and oxygen atoms in total. The van der Waals surface area contributed by atoms with Crippen molar-refractivity contribution in [3.63, 3.8) is 0 Å². The van der Waals surface area contributed by atoms with Crippen molar-refractivity contribution in [1.82, 2.24) is 15.3 Å². The molecular weight excluding hydrogens is 222 g/mol. The molecule has 1 aromatic carbocycles. The van der Waals surface area contributed by atoms with Crippen LogP contribution in [0.5, 0.6) is 0 Å². The van der Waals surface area contributed by atoms with E-state index in [2.05, 4.69) is 40.4 Å². The summed E-state index contributed by atoms with van der Waals surface area (Å²) in [7, 11) is 0. The minimum Gasteiger partial charge on any atom is -0.310 e. The van der Waals surface area contributed by atoms with Gasteiger partial charge in [0.1, 0.15) is 0 Å². The van der Waals surface area contributed by atoms with E-state index in [-0.39, 0.29) is 0 Å². The summed E-state index contributed by atoms with van der Waals surface area (Å²) in [5, 5.41) is 3.54. The van der Waals surface area contributed by atoms with Gasteiger partial charge in [0.15, 0.2) is 0 Å². The van der Waals surface area contributed by atoms with Gasteiger partial charge in [-0.2, -0.15) is 0 Å². The van der Waals surface area contributed by atoms with Crippen LogP contribution in [0.1, 0.15) is 30.5 Å². The summed E-state index contributed by atoms with van der Waals surface area (Å²) < 4.78 is 0. The van der Waals surface area contributed by atoms with Crippen molar-refractivity contribution in [2.24, 2.45) is 0 Å². The smallest absolute Gasteiger partial charge is 0.0888 e. The molecule has 92 valence electrons. The Bertz CT molecular complexity index is 537. The van der Waals surface area contributed by atoms with E-state index in [1.54, 1.807) is 12.4 Å². The minimum atomic E-state index is 0.502. The Morgan fingerprint density at radius 2 is 2.28 bits per heavy atom. The summed E-state index contributed by atoms with van der Waals surface area (Å²) in [5.41, 5.74) is 5.08. The SMILES string of the molecule is CCNC1CCc2c(-c3cnccn3)cccc21. The van der Waals surface area contributed by atoms with Crippen LogP contribution in [0.3, 0.4) is 0 Å². The molecule has 1 aliphatic rings. The molecule has 1 heterocycles. The second-order valence-electron chi connectivity index (χ2n) is 4.61. The number of fused-ring (bicyclic) bond motifs is 1. The van der Waals surface area contributed by atoms with Crippen molar-refractivity contribution < 1.29 is 0 Å². The number of nitrogens with one attached hydrogen (secondary N) is 1. The lowest BCUT2D eigenvalue weighted by Crippen LogP contribution is -2.18. The fourth-order valence-electron chi connectivity index (χ4n) is 2.79. The molecule has 0 saturated heterocycles. The minimum absolute atomic E-state index is 0.502. The molecule has 18 heavy (non-hydrogen) atoms. The number of nitrogens with zero attached hydrogens (tertiary/aromatic N) is 2. The molecule has 0 amide bonds. The molecular formula is C15H17N3. The molecule has 1 atom stereocenters. The quantitative estimate of drug-likeness (QED) is 0.895. The third kappa shape index (κ3) is 1.91. The molecule has 3 rings (SSSR count). The molecule has 2 aromatic rings. The lowest BCUT2D eigenvalue weighted by atomic mass is 10.0. The number of aromatic nitrogens is 2. The van der Waals surface area contributed by atoms with Gasteiger partial charge < -0.3 is 5.32 Å². The number of benzene rings is 1. The second-order valence-corrected chi connectivity index (χ2v) is 4.61. The second kappa shape index (κ2) is 4.86. The Labute approximate surface area is 107 Å². The first-order valence-electron chi connectivity index (χ1n) is 6.51. The molecule has 3 heteroatoms. The highest BCUT2D eigenvalue weighted by Gasteiger charge is 2.24. The largest absolute Gasteiger partial charge is 0.310 e. The Balaban J connectivity index is 2.04. The standard InChI is InChI=1S/C15H17N3/c1-2-17-14-7-6-11-12(14)4-3-5-13(11)15-10-16-8-9-18-15/h3-5,8-10,14,17H,2,6-7H2,1H3. The molecule has 0 saturated carbocycles. The highest BCUT2D eigenvalue weighted by Crippen LogP contribution is 2.36. The zero-order valence-electron chi connectivity index (χ0n) is 10.6.